The average molecular weight is 340 g/mol. The highest BCUT2D eigenvalue weighted by molar-refractivity contribution is 5.78. The van der Waals surface area contributed by atoms with Crippen LogP contribution in [0.4, 0.5) is 0 Å². The van der Waals surface area contributed by atoms with E-state index in [0.717, 1.165) is 30.8 Å². The number of hydrogen-bond donors (Lipinski definition) is 1. The number of aromatic amines is 1. The zero-order valence-electron chi connectivity index (χ0n) is 14.5. The standard InChI is InChI=1S/C19H24N4O2/c1-2-23-18(20-21-19(23)25)16-11-7-13-22(14-16)17(24)12-6-10-15-8-4-3-5-9-15/h3-6,8-10,16H,2,7,11-14H2,1H3,(H,21,25)/b10-6+. The Morgan fingerprint density at radius 1 is 1.36 bits per heavy atom. The van der Waals surface area contributed by atoms with Crippen molar-refractivity contribution < 1.29 is 4.79 Å². The minimum atomic E-state index is -0.174. The summed E-state index contributed by atoms with van der Waals surface area (Å²) in [6.45, 7) is 3.92. The lowest BCUT2D eigenvalue weighted by Gasteiger charge is -2.32. The van der Waals surface area contributed by atoms with E-state index in [4.69, 9.17) is 0 Å². The Labute approximate surface area is 147 Å². The van der Waals surface area contributed by atoms with Gasteiger partial charge in [0.25, 0.3) is 0 Å². The predicted molar refractivity (Wildman–Crippen MR) is 97.2 cm³/mol. The Morgan fingerprint density at radius 3 is 2.92 bits per heavy atom. The van der Waals surface area contributed by atoms with Crippen LogP contribution in [0.1, 0.15) is 43.5 Å². The summed E-state index contributed by atoms with van der Waals surface area (Å²) in [4.78, 5) is 26.2. The number of likely N-dealkylation sites (tertiary alicyclic amines) is 1. The molecule has 0 aliphatic carbocycles. The van der Waals surface area contributed by atoms with Gasteiger partial charge in [-0.05, 0) is 25.3 Å². The summed E-state index contributed by atoms with van der Waals surface area (Å²) in [5.74, 6) is 1.01. The fraction of sp³-hybridized carbons (Fsp3) is 0.421. The second-order valence-electron chi connectivity index (χ2n) is 6.33. The fourth-order valence-electron chi connectivity index (χ4n) is 3.35. The first-order valence-electron chi connectivity index (χ1n) is 8.83. The Balaban J connectivity index is 1.62. The van der Waals surface area contributed by atoms with E-state index < -0.39 is 0 Å². The molecule has 0 bridgehead atoms. The number of piperidine rings is 1. The van der Waals surface area contributed by atoms with Crippen LogP contribution in [-0.4, -0.2) is 38.7 Å². The first-order valence-corrected chi connectivity index (χ1v) is 8.83. The molecule has 1 aliphatic heterocycles. The first kappa shape index (κ1) is 17.2. The fourth-order valence-corrected chi connectivity index (χ4v) is 3.35. The van der Waals surface area contributed by atoms with Crippen LogP contribution in [0.3, 0.4) is 0 Å². The molecule has 2 heterocycles. The summed E-state index contributed by atoms with van der Waals surface area (Å²) in [5, 5.41) is 6.70. The molecular weight excluding hydrogens is 316 g/mol. The number of hydrogen-bond acceptors (Lipinski definition) is 3. The molecule has 1 aromatic carbocycles. The highest BCUT2D eigenvalue weighted by Crippen LogP contribution is 2.25. The van der Waals surface area contributed by atoms with Crippen molar-refractivity contribution in [2.75, 3.05) is 13.1 Å². The molecular formula is C19H24N4O2. The lowest BCUT2D eigenvalue weighted by atomic mass is 9.96. The SMILES string of the molecule is CCn1c(C2CCCN(C(=O)C/C=C/c3ccccc3)C2)n[nH]c1=O. The van der Waals surface area contributed by atoms with Crippen LogP contribution >= 0.6 is 0 Å². The summed E-state index contributed by atoms with van der Waals surface area (Å²) in [7, 11) is 0. The largest absolute Gasteiger partial charge is 0.343 e. The van der Waals surface area contributed by atoms with E-state index >= 15 is 0 Å². The number of carbonyl (C=O) groups is 1. The van der Waals surface area contributed by atoms with Crippen LogP contribution in [0, 0.1) is 0 Å². The Kier molecular flexibility index (Phi) is 5.48. The molecule has 1 amide bonds. The number of carbonyl (C=O) groups excluding carboxylic acids is 1. The van der Waals surface area contributed by atoms with E-state index in [1.165, 1.54) is 0 Å². The van der Waals surface area contributed by atoms with E-state index in [2.05, 4.69) is 10.2 Å². The summed E-state index contributed by atoms with van der Waals surface area (Å²) in [6.07, 6.45) is 6.17. The number of rotatable bonds is 5. The van der Waals surface area contributed by atoms with Gasteiger partial charge in [0.1, 0.15) is 5.82 Å². The van der Waals surface area contributed by atoms with Crippen LogP contribution in [0.15, 0.2) is 41.2 Å². The van der Waals surface area contributed by atoms with Gasteiger partial charge >= 0.3 is 5.69 Å². The maximum Gasteiger partial charge on any atom is 0.343 e. The first-order chi connectivity index (χ1) is 12.2. The van der Waals surface area contributed by atoms with Gasteiger partial charge in [-0.15, -0.1) is 0 Å². The Morgan fingerprint density at radius 2 is 2.16 bits per heavy atom. The molecule has 1 N–H and O–H groups in total. The van der Waals surface area contributed by atoms with Crippen molar-refractivity contribution in [3.63, 3.8) is 0 Å². The minimum absolute atomic E-state index is 0.120. The van der Waals surface area contributed by atoms with Crippen molar-refractivity contribution in [1.29, 1.82) is 0 Å². The number of H-pyrrole nitrogens is 1. The monoisotopic (exact) mass is 340 g/mol. The zero-order chi connectivity index (χ0) is 17.6. The number of nitrogens with one attached hydrogen (secondary N) is 1. The number of aromatic nitrogens is 3. The van der Waals surface area contributed by atoms with Gasteiger partial charge in [-0.25, -0.2) is 9.89 Å². The normalized spacial score (nSPS) is 18.0. The van der Waals surface area contributed by atoms with Crippen LogP contribution in [0.25, 0.3) is 6.08 Å². The van der Waals surface area contributed by atoms with Crippen LogP contribution in [-0.2, 0) is 11.3 Å². The summed E-state index contributed by atoms with van der Waals surface area (Å²) in [5.41, 5.74) is 0.919. The molecule has 1 unspecified atom stereocenters. The molecule has 25 heavy (non-hydrogen) atoms. The second-order valence-corrected chi connectivity index (χ2v) is 6.33. The van der Waals surface area contributed by atoms with E-state index in [9.17, 15) is 9.59 Å². The van der Waals surface area contributed by atoms with Crippen molar-refractivity contribution in [2.45, 2.75) is 38.6 Å². The molecule has 1 aromatic heterocycles. The molecule has 0 saturated carbocycles. The third kappa shape index (κ3) is 4.07. The highest BCUT2D eigenvalue weighted by Gasteiger charge is 2.27. The van der Waals surface area contributed by atoms with Crippen LogP contribution in [0.2, 0.25) is 0 Å². The van der Waals surface area contributed by atoms with E-state index in [1.807, 2.05) is 54.3 Å². The van der Waals surface area contributed by atoms with Crippen LogP contribution < -0.4 is 5.69 Å². The quantitative estimate of drug-likeness (QED) is 0.908. The molecule has 132 valence electrons. The average Bonchev–Trinajstić information content (AvgIpc) is 3.03. The molecule has 1 aliphatic rings. The molecule has 1 atom stereocenters. The van der Waals surface area contributed by atoms with Crippen molar-refractivity contribution in [2.24, 2.45) is 0 Å². The Bertz CT molecular complexity index is 791. The predicted octanol–water partition coefficient (Wildman–Crippen LogP) is 2.40. The van der Waals surface area contributed by atoms with Gasteiger partial charge in [0, 0.05) is 32.0 Å². The maximum atomic E-state index is 12.5. The molecule has 1 saturated heterocycles. The number of amides is 1. The smallest absolute Gasteiger partial charge is 0.342 e. The van der Waals surface area contributed by atoms with Gasteiger partial charge in [0.05, 0.1) is 0 Å². The molecule has 0 radical (unpaired) electrons. The van der Waals surface area contributed by atoms with Gasteiger partial charge in [0.15, 0.2) is 0 Å². The maximum absolute atomic E-state index is 12.5. The number of nitrogens with zero attached hydrogens (tertiary/aromatic N) is 3. The van der Waals surface area contributed by atoms with Crippen molar-refractivity contribution in [1.82, 2.24) is 19.7 Å². The lowest BCUT2D eigenvalue weighted by Crippen LogP contribution is -2.39. The molecule has 6 nitrogen and oxygen atoms in total. The molecule has 0 spiro atoms. The number of benzene rings is 1. The van der Waals surface area contributed by atoms with E-state index in [0.29, 0.717) is 19.5 Å². The van der Waals surface area contributed by atoms with E-state index in [1.54, 1.807) is 4.57 Å². The second kappa shape index (κ2) is 7.96. The summed E-state index contributed by atoms with van der Waals surface area (Å²) >= 11 is 0. The Hall–Kier alpha value is -2.63. The molecule has 6 heteroatoms. The topological polar surface area (TPSA) is 71.0 Å². The highest BCUT2D eigenvalue weighted by atomic mass is 16.2. The third-order valence-electron chi connectivity index (χ3n) is 4.65. The van der Waals surface area contributed by atoms with Crippen LogP contribution in [0.5, 0.6) is 0 Å². The third-order valence-corrected chi connectivity index (χ3v) is 4.65. The molecule has 1 fully saturated rings. The minimum Gasteiger partial charge on any atom is -0.342 e. The molecule has 3 rings (SSSR count). The van der Waals surface area contributed by atoms with Crippen molar-refractivity contribution >= 4 is 12.0 Å². The molecule has 2 aromatic rings. The summed E-state index contributed by atoms with van der Waals surface area (Å²) < 4.78 is 1.66. The lowest BCUT2D eigenvalue weighted by molar-refractivity contribution is -0.131. The van der Waals surface area contributed by atoms with Gasteiger partial charge in [0.2, 0.25) is 5.91 Å². The van der Waals surface area contributed by atoms with Crippen molar-refractivity contribution in [3.05, 3.63) is 58.3 Å². The van der Waals surface area contributed by atoms with Crippen molar-refractivity contribution in [3.8, 4) is 0 Å². The van der Waals surface area contributed by atoms with Gasteiger partial charge in [-0.3, -0.25) is 9.36 Å². The van der Waals surface area contributed by atoms with Gasteiger partial charge in [-0.2, -0.15) is 5.10 Å². The van der Waals surface area contributed by atoms with Gasteiger partial charge < -0.3 is 4.90 Å². The van der Waals surface area contributed by atoms with E-state index in [-0.39, 0.29) is 17.5 Å². The summed E-state index contributed by atoms with van der Waals surface area (Å²) in [6, 6.07) is 9.96. The zero-order valence-corrected chi connectivity index (χ0v) is 14.5. The van der Waals surface area contributed by atoms with Gasteiger partial charge in [-0.1, -0.05) is 42.5 Å².